The largest absolute Gasteiger partial charge is 0.481 e. The van der Waals surface area contributed by atoms with Crippen LogP contribution in [0.2, 0.25) is 0 Å². The lowest BCUT2D eigenvalue weighted by atomic mass is 9.91. The lowest BCUT2D eigenvalue weighted by molar-refractivity contribution is -0.142. The predicted molar refractivity (Wildman–Crippen MR) is 119 cm³/mol. The Labute approximate surface area is 186 Å². The molecule has 2 aliphatic rings. The molecule has 166 valence electrons. The van der Waals surface area contributed by atoms with Crippen molar-refractivity contribution in [1.82, 2.24) is 10.6 Å². The number of ether oxygens (including phenoxy) is 1. The predicted octanol–water partition coefficient (Wildman–Crippen LogP) is 3.45. The second-order valence-electron chi connectivity index (χ2n) is 8.24. The summed E-state index contributed by atoms with van der Waals surface area (Å²) in [5.74, 6) is -1.84. The van der Waals surface area contributed by atoms with Gasteiger partial charge in [0.2, 0.25) is 5.91 Å². The number of hydrogen-bond acceptors (Lipinski definition) is 4. The van der Waals surface area contributed by atoms with Crippen molar-refractivity contribution >= 4 is 18.0 Å². The average molecular weight is 434 g/mol. The van der Waals surface area contributed by atoms with Gasteiger partial charge in [-0.05, 0) is 42.0 Å². The molecule has 0 saturated heterocycles. The van der Waals surface area contributed by atoms with E-state index in [9.17, 15) is 14.4 Å². The van der Waals surface area contributed by atoms with Gasteiger partial charge < -0.3 is 20.5 Å². The number of fused-ring (bicyclic) bond motifs is 3. The minimum atomic E-state index is -0.876. The van der Waals surface area contributed by atoms with Gasteiger partial charge in [0, 0.05) is 12.0 Å². The van der Waals surface area contributed by atoms with Crippen molar-refractivity contribution in [3.63, 3.8) is 0 Å². The molecule has 2 amide bonds. The highest BCUT2D eigenvalue weighted by atomic mass is 16.5. The van der Waals surface area contributed by atoms with Crippen LogP contribution < -0.4 is 10.6 Å². The molecule has 7 nitrogen and oxygen atoms in total. The fraction of sp³-hybridized carbons (Fsp3) is 0.320. The third-order valence-corrected chi connectivity index (χ3v) is 6.08. The van der Waals surface area contributed by atoms with Crippen molar-refractivity contribution in [1.29, 1.82) is 0 Å². The van der Waals surface area contributed by atoms with E-state index in [4.69, 9.17) is 9.84 Å². The number of benzene rings is 2. The first-order valence-electron chi connectivity index (χ1n) is 10.8. The molecule has 0 spiro atoms. The molecule has 2 aromatic rings. The lowest BCUT2D eigenvalue weighted by Gasteiger charge is -2.24. The van der Waals surface area contributed by atoms with Crippen LogP contribution >= 0.6 is 0 Å². The number of alkyl carbamates (subject to hydrolysis) is 1. The molecule has 0 fully saturated rings. The second kappa shape index (κ2) is 9.26. The molecule has 2 aliphatic carbocycles. The Bertz CT molecular complexity index is 1020. The minimum Gasteiger partial charge on any atom is -0.481 e. The molecule has 0 aromatic heterocycles. The van der Waals surface area contributed by atoms with E-state index in [1.165, 1.54) is 0 Å². The molecule has 3 atom stereocenters. The van der Waals surface area contributed by atoms with Gasteiger partial charge in [-0.1, -0.05) is 60.7 Å². The van der Waals surface area contributed by atoms with Gasteiger partial charge in [-0.2, -0.15) is 0 Å². The zero-order valence-electron chi connectivity index (χ0n) is 17.8. The number of nitrogens with one attached hydrogen (secondary N) is 2. The summed E-state index contributed by atoms with van der Waals surface area (Å²) in [4.78, 5) is 36.0. The molecule has 7 heteroatoms. The van der Waals surface area contributed by atoms with Gasteiger partial charge in [0.15, 0.2) is 0 Å². The first-order valence-corrected chi connectivity index (χ1v) is 10.8. The van der Waals surface area contributed by atoms with Crippen LogP contribution in [0.25, 0.3) is 11.1 Å². The van der Waals surface area contributed by atoms with Crippen LogP contribution in [0.15, 0.2) is 60.7 Å². The van der Waals surface area contributed by atoms with Gasteiger partial charge in [-0.3, -0.25) is 9.59 Å². The number of rotatable bonds is 6. The Balaban J connectivity index is 1.31. The number of carbonyl (C=O) groups is 3. The SMILES string of the molecule is C[C@@H](NC(=O)OCC1c2ccccc2-c2ccccc21)C(=O)NC1C=CCC(C(=O)O)C1. The standard InChI is InChI=1S/C25H26N2O5/c1-15(23(28)27-17-8-6-7-16(13-17)24(29)30)26-25(31)32-14-22-20-11-4-2-9-18(20)19-10-3-5-12-21(19)22/h2-6,8-12,15-17,22H,7,13-14H2,1H3,(H,26,31)(H,27,28)(H,29,30)/t15-,16?,17?/m1/s1. The van der Waals surface area contributed by atoms with Crippen LogP contribution in [-0.4, -0.2) is 41.8 Å². The Morgan fingerprint density at radius 3 is 2.31 bits per heavy atom. The van der Waals surface area contributed by atoms with E-state index in [1.54, 1.807) is 19.1 Å². The molecule has 0 aliphatic heterocycles. The van der Waals surface area contributed by atoms with E-state index in [-0.39, 0.29) is 24.5 Å². The van der Waals surface area contributed by atoms with Crippen LogP contribution in [0.3, 0.4) is 0 Å². The van der Waals surface area contributed by atoms with Crippen molar-refractivity contribution in [2.75, 3.05) is 6.61 Å². The number of allylic oxidation sites excluding steroid dienone is 1. The van der Waals surface area contributed by atoms with E-state index < -0.39 is 24.0 Å². The van der Waals surface area contributed by atoms with E-state index in [2.05, 4.69) is 22.8 Å². The van der Waals surface area contributed by atoms with Crippen molar-refractivity contribution in [2.24, 2.45) is 5.92 Å². The second-order valence-corrected chi connectivity index (χ2v) is 8.24. The quantitative estimate of drug-likeness (QED) is 0.604. The Kier molecular flexibility index (Phi) is 6.25. The molecule has 3 N–H and O–H groups in total. The Hall–Kier alpha value is -3.61. The molecule has 4 rings (SSSR count). The van der Waals surface area contributed by atoms with E-state index in [0.29, 0.717) is 12.8 Å². The first kappa shape index (κ1) is 21.6. The summed E-state index contributed by atoms with van der Waals surface area (Å²) in [5, 5.41) is 14.5. The zero-order chi connectivity index (χ0) is 22.7. The van der Waals surface area contributed by atoms with Gasteiger partial charge in [0.05, 0.1) is 5.92 Å². The average Bonchev–Trinajstić information content (AvgIpc) is 3.11. The fourth-order valence-electron chi connectivity index (χ4n) is 4.39. The third kappa shape index (κ3) is 4.51. The van der Waals surface area contributed by atoms with E-state index >= 15 is 0 Å². The lowest BCUT2D eigenvalue weighted by Crippen LogP contribution is -2.48. The van der Waals surface area contributed by atoms with Gasteiger partial charge in [-0.25, -0.2) is 4.79 Å². The number of hydrogen-bond donors (Lipinski definition) is 3. The maximum atomic E-state index is 12.4. The molecular weight excluding hydrogens is 408 g/mol. The summed E-state index contributed by atoms with van der Waals surface area (Å²) in [6, 6.07) is 15.0. The van der Waals surface area contributed by atoms with Crippen LogP contribution in [-0.2, 0) is 14.3 Å². The van der Waals surface area contributed by atoms with Crippen molar-refractivity contribution in [3.05, 3.63) is 71.8 Å². The Morgan fingerprint density at radius 2 is 1.69 bits per heavy atom. The number of aliphatic carboxylic acids is 1. The monoisotopic (exact) mass is 434 g/mol. The van der Waals surface area contributed by atoms with Crippen molar-refractivity contribution in [3.8, 4) is 11.1 Å². The van der Waals surface area contributed by atoms with Crippen molar-refractivity contribution in [2.45, 2.75) is 37.8 Å². The smallest absolute Gasteiger partial charge is 0.407 e. The number of carbonyl (C=O) groups excluding carboxylic acids is 2. The van der Waals surface area contributed by atoms with Gasteiger partial charge in [0.1, 0.15) is 12.6 Å². The molecule has 2 unspecified atom stereocenters. The summed E-state index contributed by atoms with van der Waals surface area (Å²) in [5.41, 5.74) is 4.52. The topological polar surface area (TPSA) is 105 Å². The van der Waals surface area contributed by atoms with Gasteiger partial charge in [-0.15, -0.1) is 0 Å². The van der Waals surface area contributed by atoms with Crippen molar-refractivity contribution < 1.29 is 24.2 Å². The van der Waals surface area contributed by atoms with Gasteiger partial charge in [0.25, 0.3) is 0 Å². The summed E-state index contributed by atoms with van der Waals surface area (Å²) in [7, 11) is 0. The molecule has 32 heavy (non-hydrogen) atoms. The number of carboxylic acids is 1. The van der Waals surface area contributed by atoms with Crippen LogP contribution in [0.5, 0.6) is 0 Å². The maximum absolute atomic E-state index is 12.4. The zero-order valence-corrected chi connectivity index (χ0v) is 17.8. The van der Waals surface area contributed by atoms with E-state index in [0.717, 1.165) is 22.3 Å². The first-order chi connectivity index (χ1) is 15.4. The van der Waals surface area contributed by atoms with Crippen LogP contribution in [0.4, 0.5) is 4.79 Å². The molecule has 0 heterocycles. The number of carboxylic acid groups (broad SMARTS) is 1. The minimum absolute atomic E-state index is 0.0578. The summed E-state index contributed by atoms with van der Waals surface area (Å²) in [6.07, 6.45) is 3.66. The van der Waals surface area contributed by atoms with Gasteiger partial charge >= 0.3 is 12.1 Å². The third-order valence-electron chi connectivity index (χ3n) is 6.08. The van der Waals surface area contributed by atoms with E-state index in [1.807, 2.05) is 36.4 Å². The van der Waals surface area contributed by atoms with Crippen LogP contribution in [0, 0.1) is 5.92 Å². The summed E-state index contributed by atoms with van der Waals surface area (Å²) < 4.78 is 5.48. The molecule has 0 saturated carbocycles. The molecule has 2 aromatic carbocycles. The van der Waals surface area contributed by atoms with Crippen LogP contribution in [0.1, 0.15) is 36.8 Å². The normalized spacial score (nSPS) is 20.0. The summed E-state index contributed by atoms with van der Waals surface area (Å²) >= 11 is 0. The highest BCUT2D eigenvalue weighted by Gasteiger charge is 2.30. The summed E-state index contributed by atoms with van der Waals surface area (Å²) in [6.45, 7) is 1.73. The highest BCUT2D eigenvalue weighted by Crippen LogP contribution is 2.44. The molecule has 0 radical (unpaired) electrons. The Morgan fingerprint density at radius 1 is 1.06 bits per heavy atom. The highest BCUT2D eigenvalue weighted by molar-refractivity contribution is 5.86. The fourth-order valence-corrected chi connectivity index (χ4v) is 4.39. The molecule has 0 bridgehead atoms. The molecular formula is C25H26N2O5. The number of amides is 2. The maximum Gasteiger partial charge on any atom is 0.407 e.